The number of hydrogen-bond donors (Lipinski definition) is 2. The van der Waals surface area contributed by atoms with Gasteiger partial charge in [0.05, 0.1) is 4.90 Å². The van der Waals surface area contributed by atoms with Crippen molar-refractivity contribution in [3.63, 3.8) is 0 Å². The van der Waals surface area contributed by atoms with E-state index >= 15 is 0 Å². The van der Waals surface area contributed by atoms with Crippen LogP contribution in [0.1, 0.15) is 6.42 Å². The van der Waals surface area contributed by atoms with Crippen LogP contribution in [0, 0.1) is 0 Å². The smallest absolute Gasteiger partial charge is 0.336 e. The van der Waals surface area contributed by atoms with E-state index in [4.69, 9.17) is 11.6 Å². The Morgan fingerprint density at radius 2 is 1.94 bits per heavy atom. The number of benzene rings is 1. The highest BCUT2D eigenvalue weighted by Crippen LogP contribution is 2.09. The van der Waals surface area contributed by atoms with Gasteiger partial charge in [-0.3, -0.25) is 0 Å². The molecule has 0 unspecified atom stereocenters. The van der Waals surface area contributed by atoms with Crippen LogP contribution in [0.25, 0.3) is 0 Å². The monoisotopic (exact) mass is 292 g/mol. The van der Waals surface area contributed by atoms with Gasteiger partial charge in [-0.1, -0.05) is 18.2 Å². The Bertz CT molecular complexity index is 478. The SMILES string of the molecule is O=C(NCCCCl)NOS(=O)(=O)c1ccccc1. The number of carbonyl (C=O) groups excluding carboxylic acids is 1. The maximum absolute atomic E-state index is 11.6. The second-order valence-corrected chi connectivity index (χ2v) is 5.18. The number of amides is 2. The van der Waals surface area contributed by atoms with Gasteiger partial charge in [-0.2, -0.15) is 13.9 Å². The van der Waals surface area contributed by atoms with Gasteiger partial charge in [-0.15, -0.1) is 15.9 Å². The summed E-state index contributed by atoms with van der Waals surface area (Å²) in [5.41, 5.74) is 1.80. The van der Waals surface area contributed by atoms with E-state index in [-0.39, 0.29) is 4.90 Å². The number of halogens is 1. The maximum atomic E-state index is 11.6. The summed E-state index contributed by atoms with van der Waals surface area (Å²) in [5, 5.41) is 2.38. The average Bonchev–Trinajstić information content (AvgIpc) is 2.38. The molecule has 0 spiro atoms. The molecule has 1 aromatic rings. The third-order valence-corrected chi connectivity index (χ3v) is 3.29. The summed E-state index contributed by atoms with van der Waals surface area (Å²) in [6.45, 7) is 0.337. The van der Waals surface area contributed by atoms with Crippen molar-refractivity contribution in [2.24, 2.45) is 0 Å². The van der Waals surface area contributed by atoms with E-state index in [1.807, 2.05) is 0 Å². The molecule has 0 saturated carbocycles. The van der Waals surface area contributed by atoms with Crippen molar-refractivity contribution in [3.05, 3.63) is 30.3 Å². The first-order valence-corrected chi connectivity index (χ1v) is 7.09. The molecule has 0 heterocycles. The normalized spacial score (nSPS) is 10.9. The standard InChI is InChI=1S/C10H13ClN2O4S/c11-7-4-8-12-10(14)13-17-18(15,16)9-5-2-1-3-6-9/h1-3,5-6H,4,7-8H2,(H2,12,13,14). The minimum atomic E-state index is -3.98. The fourth-order valence-corrected chi connectivity index (χ4v) is 1.94. The summed E-state index contributed by atoms with van der Waals surface area (Å²) in [7, 11) is -3.98. The number of rotatable bonds is 6. The molecule has 0 fully saturated rings. The Morgan fingerprint density at radius 1 is 1.28 bits per heavy atom. The lowest BCUT2D eigenvalue weighted by atomic mass is 10.4. The van der Waals surface area contributed by atoms with Crippen molar-refractivity contribution in [1.82, 2.24) is 10.8 Å². The van der Waals surface area contributed by atoms with Crippen LogP contribution in [-0.4, -0.2) is 26.9 Å². The van der Waals surface area contributed by atoms with Gasteiger partial charge in [0, 0.05) is 12.4 Å². The Kier molecular flexibility index (Phi) is 5.90. The predicted molar refractivity (Wildman–Crippen MR) is 66.6 cm³/mol. The van der Waals surface area contributed by atoms with Gasteiger partial charge in [0.15, 0.2) is 0 Å². The highest BCUT2D eigenvalue weighted by atomic mass is 35.5. The molecule has 2 amide bonds. The van der Waals surface area contributed by atoms with E-state index in [1.54, 1.807) is 23.7 Å². The third-order valence-electron chi connectivity index (χ3n) is 1.87. The van der Waals surface area contributed by atoms with Crippen molar-refractivity contribution in [2.75, 3.05) is 12.4 Å². The molecule has 0 aliphatic heterocycles. The zero-order valence-electron chi connectivity index (χ0n) is 9.43. The molecule has 0 saturated heterocycles. The summed E-state index contributed by atoms with van der Waals surface area (Å²) in [6.07, 6.45) is 0.584. The minimum Gasteiger partial charge on any atom is -0.336 e. The minimum absolute atomic E-state index is 0.0361. The van der Waals surface area contributed by atoms with E-state index < -0.39 is 16.1 Å². The summed E-state index contributed by atoms with van der Waals surface area (Å²) < 4.78 is 27.5. The number of hydrogen-bond acceptors (Lipinski definition) is 4. The van der Waals surface area contributed by atoms with Crippen molar-refractivity contribution >= 4 is 27.8 Å². The molecule has 1 rings (SSSR count). The number of nitrogens with one attached hydrogen (secondary N) is 2. The quantitative estimate of drug-likeness (QED) is 0.469. The molecule has 0 aromatic heterocycles. The fraction of sp³-hybridized carbons (Fsp3) is 0.300. The zero-order chi connectivity index (χ0) is 13.4. The molecular weight excluding hydrogens is 280 g/mol. The fourth-order valence-electron chi connectivity index (χ4n) is 1.03. The van der Waals surface area contributed by atoms with Gasteiger partial charge in [0.2, 0.25) is 0 Å². The number of hydroxylamine groups is 1. The average molecular weight is 293 g/mol. The van der Waals surface area contributed by atoms with Gasteiger partial charge in [0.1, 0.15) is 0 Å². The molecule has 0 aliphatic carbocycles. The predicted octanol–water partition coefficient (Wildman–Crippen LogP) is 1.24. The first-order chi connectivity index (χ1) is 8.56. The lowest BCUT2D eigenvalue weighted by Crippen LogP contribution is -2.37. The molecule has 6 nitrogen and oxygen atoms in total. The molecule has 8 heteroatoms. The van der Waals surface area contributed by atoms with Gasteiger partial charge >= 0.3 is 16.1 Å². The van der Waals surface area contributed by atoms with E-state index in [2.05, 4.69) is 9.60 Å². The zero-order valence-corrected chi connectivity index (χ0v) is 11.0. The lowest BCUT2D eigenvalue weighted by Gasteiger charge is -2.07. The van der Waals surface area contributed by atoms with Crippen molar-refractivity contribution in [1.29, 1.82) is 0 Å². The molecule has 0 aliphatic rings. The second kappa shape index (κ2) is 7.20. The number of urea groups is 1. The summed E-state index contributed by atoms with van der Waals surface area (Å²) in [5.74, 6) is 0.406. The first-order valence-electron chi connectivity index (χ1n) is 5.14. The van der Waals surface area contributed by atoms with Crippen molar-refractivity contribution in [2.45, 2.75) is 11.3 Å². The molecular formula is C10H13ClN2O4S. The highest BCUT2D eigenvalue weighted by molar-refractivity contribution is 7.86. The summed E-state index contributed by atoms with van der Waals surface area (Å²) in [6, 6.07) is 6.77. The van der Waals surface area contributed by atoms with Gasteiger partial charge in [-0.25, -0.2) is 4.79 Å². The Hall–Kier alpha value is -1.31. The van der Waals surface area contributed by atoms with Crippen LogP contribution in [0.4, 0.5) is 4.79 Å². The second-order valence-electron chi connectivity index (χ2n) is 3.25. The number of alkyl halides is 1. The highest BCUT2D eigenvalue weighted by Gasteiger charge is 2.16. The van der Waals surface area contributed by atoms with Crippen LogP contribution >= 0.6 is 11.6 Å². The molecule has 18 heavy (non-hydrogen) atoms. The van der Waals surface area contributed by atoms with Crippen molar-refractivity contribution in [3.8, 4) is 0 Å². The van der Waals surface area contributed by atoms with Crippen LogP contribution in [-0.2, 0) is 14.4 Å². The molecule has 0 bridgehead atoms. The van der Waals surface area contributed by atoms with Gasteiger partial charge in [0.25, 0.3) is 0 Å². The molecule has 100 valence electrons. The van der Waals surface area contributed by atoms with E-state index in [0.29, 0.717) is 18.8 Å². The molecule has 1 aromatic carbocycles. The first kappa shape index (κ1) is 14.7. The largest absolute Gasteiger partial charge is 0.339 e. The third kappa shape index (κ3) is 4.91. The van der Waals surface area contributed by atoms with E-state index in [1.165, 1.54) is 12.1 Å². The van der Waals surface area contributed by atoms with Crippen LogP contribution in [0.15, 0.2) is 35.2 Å². The van der Waals surface area contributed by atoms with E-state index in [0.717, 1.165) is 0 Å². The van der Waals surface area contributed by atoms with Crippen LogP contribution < -0.4 is 10.8 Å². The van der Waals surface area contributed by atoms with Crippen molar-refractivity contribution < 1.29 is 17.5 Å². The summed E-state index contributed by atoms with van der Waals surface area (Å²) >= 11 is 5.42. The lowest BCUT2D eigenvalue weighted by molar-refractivity contribution is 0.182. The van der Waals surface area contributed by atoms with Gasteiger partial charge < -0.3 is 5.32 Å². The van der Waals surface area contributed by atoms with Crippen LogP contribution in [0.3, 0.4) is 0 Å². The topological polar surface area (TPSA) is 84.5 Å². The Labute approximate surface area is 110 Å². The van der Waals surface area contributed by atoms with Crippen LogP contribution in [0.5, 0.6) is 0 Å². The van der Waals surface area contributed by atoms with Gasteiger partial charge in [-0.05, 0) is 18.6 Å². The Balaban J connectivity index is 2.46. The Morgan fingerprint density at radius 3 is 2.56 bits per heavy atom. The maximum Gasteiger partial charge on any atom is 0.339 e. The molecule has 2 N–H and O–H groups in total. The summed E-state index contributed by atoms with van der Waals surface area (Å²) in [4.78, 5) is 11.1. The molecule has 0 radical (unpaired) electrons. The van der Waals surface area contributed by atoms with E-state index in [9.17, 15) is 13.2 Å². The molecule has 0 atom stereocenters. The number of carbonyl (C=O) groups is 1. The van der Waals surface area contributed by atoms with Crippen LogP contribution in [0.2, 0.25) is 0 Å².